The van der Waals surface area contributed by atoms with E-state index in [0.29, 0.717) is 12.8 Å². The molecule has 0 fully saturated rings. The van der Waals surface area contributed by atoms with Gasteiger partial charge in [0, 0.05) is 31.3 Å². The Morgan fingerprint density at radius 1 is 0.929 bits per heavy atom. The molecule has 220 valence electrons. The molecule has 1 unspecified atom stereocenters. The van der Waals surface area contributed by atoms with Crippen molar-refractivity contribution in [2.75, 3.05) is 0 Å². The summed E-state index contributed by atoms with van der Waals surface area (Å²) in [5.74, 6) is -0.656. The van der Waals surface area contributed by atoms with Crippen LogP contribution in [-0.2, 0) is 40.8 Å². The number of primary amides is 1. The maximum atomic E-state index is 12.6. The molecule has 2 aromatic heterocycles. The Hall–Kier alpha value is -4.46. The fourth-order valence-corrected chi connectivity index (χ4v) is 4.84. The van der Waals surface area contributed by atoms with Crippen molar-refractivity contribution in [2.45, 2.75) is 77.3 Å². The molecule has 8 nitrogen and oxygen atoms in total. The monoisotopic (exact) mass is 567 g/mol. The van der Waals surface area contributed by atoms with Gasteiger partial charge in [0.2, 0.25) is 11.8 Å². The van der Waals surface area contributed by atoms with Crippen molar-refractivity contribution >= 4 is 11.8 Å². The number of phenols is 1. The zero-order valence-electron chi connectivity index (χ0n) is 24.7. The van der Waals surface area contributed by atoms with Crippen molar-refractivity contribution in [2.24, 2.45) is 5.73 Å². The highest BCUT2D eigenvalue weighted by atomic mass is 16.3. The summed E-state index contributed by atoms with van der Waals surface area (Å²) in [6.45, 7) is 7.40. The number of nitrogens with zero attached hydrogens (tertiary/aromatic N) is 3. The predicted octanol–water partition coefficient (Wildman–Crippen LogP) is 5.12. The molecule has 1 atom stereocenters. The topological polar surface area (TPSA) is 123 Å². The van der Waals surface area contributed by atoms with E-state index in [1.807, 2.05) is 18.2 Å². The van der Waals surface area contributed by atoms with Gasteiger partial charge in [0.15, 0.2) is 0 Å². The maximum Gasteiger partial charge on any atom is 0.240 e. The second-order valence-corrected chi connectivity index (χ2v) is 11.8. The Morgan fingerprint density at radius 2 is 1.64 bits per heavy atom. The average molecular weight is 568 g/mol. The summed E-state index contributed by atoms with van der Waals surface area (Å²) in [4.78, 5) is 29.0. The Morgan fingerprint density at radius 3 is 2.29 bits per heavy atom. The number of aromatic hydroxyl groups is 1. The lowest BCUT2D eigenvalue weighted by Gasteiger charge is -2.19. The van der Waals surface area contributed by atoms with Crippen molar-refractivity contribution in [1.29, 1.82) is 0 Å². The zero-order chi connectivity index (χ0) is 30.1. The molecule has 0 saturated heterocycles. The molecular formula is C34H41N5O3. The highest BCUT2D eigenvalue weighted by Gasteiger charge is 2.19. The number of carbonyl (C=O) groups excluding carboxylic acids is 2. The Kier molecular flexibility index (Phi) is 10.1. The van der Waals surface area contributed by atoms with Gasteiger partial charge in [-0.15, -0.1) is 0 Å². The number of aryl methyl sites for hydroxylation is 3. The lowest BCUT2D eigenvalue weighted by Crippen LogP contribution is -2.45. The second kappa shape index (κ2) is 13.9. The second-order valence-electron chi connectivity index (χ2n) is 11.8. The molecule has 8 heteroatoms. The molecule has 4 N–H and O–H groups in total. The fourth-order valence-electron chi connectivity index (χ4n) is 4.84. The zero-order valence-corrected chi connectivity index (χ0v) is 24.7. The summed E-state index contributed by atoms with van der Waals surface area (Å²) in [5.41, 5.74) is 11.8. The summed E-state index contributed by atoms with van der Waals surface area (Å²) < 4.78 is 2.06. The molecule has 2 aromatic carbocycles. The van der Waals surface area contributed by atoms with Crippen LogP contribution in [0.5, 0.6) is 5.75 Å². The molecular weight excluding hydrogens is 526 g/mol. The van der Waals surface area contributed by atoms with Crippen LogP contribution in [0.25, 0.3) is 11.4 Å². The normalized spacial score (nSPS) is 12.2. The van der Waals surface area contributed by atoms with Crippen LogP contribution in [0.15, 0.2) is 79.0 Å². The minimum Gasteiger partial charge on any atom is -0.508 e. The smallest absolute Gasteiger partial charge is 0.240 e. The summed E-state index contributed by atoms with van der Waals surface area (Å²) in [5, 5.41) is 17.1. The number of nitrogens with one attached hydrogen (secondary N) is 1. The molecule has 0 aliphatic carbocycles. The number of nitrogens with two attached hydrogens (primary N) is 1. The van der Waals surface area contributed by atoms with Crippen molar-refractivity contribution < 1.29 is 14.7 Å². The van der Waals surface area contributed by atoms with Crippen molar-refractivity contribution in [1.82, 2.24) is 20.1 Å². The Labute approximate surface area is 248 Å². The van der Waals surface area contributed by atoms with E-state index in [9.17, 15) is 14.7 Å². The number of hydrogen-bond acceptors (Lipinski definition) is 5. The fraction of sp³-hybridized carbons (Fsp3) is 0.353. The molecule has 0 aliphatic rings. The molecule has 42 heavy (non-hydrogen) atoms. The van der Waals surface area contributed by atoms with Gasteiger partial charge in [-0.3, -0.25) is 19.3 Å². The van der Waals surface area contributed by atoms with Crippen LogP contribution < -0.4 is 11.1 Å². The van der Waals surface area contributed by atoms with E-state index in [1.165, 1.54) is 11.1 Å². The minimum atomic E-state index is -0.804. The van der Waals surface area contributed by atoms with Crippen LogP contribution in [0.4, 0.5) is 0 Å². The van der Waals surface area contributed by atoms with Crippen LogP contribution in [0, 0.1) is 0 Å². The number of carbonyl (C=O) groups is 2. The van der Waals surface area contributed by atoms with E-state index in [2.05, 4.69) is 66.1 Å². The van der Waals surface area contributed by atoms with Crippen LogP contribution in [0.3, 0.4) is 0 Å². The first-order valence-electron chi connectivity index (χ1n) is 14.5. The quantitative estimate of drug-likeness (QED) is 0.194. The number of unbranched alkanes of at least 4 members (excludes halogenated alkanes) is 1. The number of amides is 2. The summed E-state index contributed by atoms with van der Waals surface area (Å²) >= 11 is 0. The SMILES string of the molecule is CC(C)(C)c1ccc(CCn2nc(-c3ccccn3)cc2CCCCC(=O)NC(Cc2ccc(O)cc2)C(N)=O)cc1. The van der Waals surface area contributed by atoms with E-state index in [0.717, 1.165) is 48.5 Å². The van der Waals surface area contributed by atoms with Gasteiger partial charge in [0.25, 0.3) is 0 Å². The summed E-state index contributed by atoms with van der Waals surface area (Å²) in [7, 11) is 0. The van der Waals surface area contributed by atoms with Gasteiger partial charge < -0.3 is 16.2 Å². The van der Waals surface area contributed by atoms with Gasteiger partial charge in [-0.05, 0) is 78.1 Å². The first-order chi connectivity index (χ1) is 20.1. The van der Waals surface area contributed by atoms with E-state index < -0.39 is 11.9 Å². The summed E-state index contributed by atoms with van der Waals surface area (Å²) in [6.07, 6.45) is 5.41. The van der Waals surface area contributed by atoms with Gasteiger partial charge in [-0.2, -0.15) is 5.10 Å². The standard InChI is InChI=1S/C34H41N5O3/c1-34(2,3)26-15-11-24(12-16-26)19-21-39-27(23-30(38-39)29-9-6-7-20-36-29)8-4-5-10-32(41)37-31(33(35)42)22-25-13-17-28(40)18-14-25/h6-7,9,11-18,20,23,31,40H,4-5,8,10,19,21-22H2,1-3H3,(H2,35,42)(H,37,41). The number of rotatable bonds is 13. The first kappa shape index (κ1) is 30.5. The highest BCUT2D eigenvalue weighted by Crippen LogP contribution is 2.23. The van der Waals surface area contributed by atoms with Crippen LogP contribution >= 0.6 is 0 Å². The lowest BCUT2D eigenvalue weighted by molar-refractivity contribution is -0.127. The Bertz CT molecular complexity index is 1460. The third-order valence-electron chi connectivity index (χ3n) is 7.36. The van der Waals surface area contributed by atoms with Crippen molar-refractivity contribution in [3.05, 3.63) is 101 Å². The average Bonchev–Trinajstić information content (AvgIpc) is 3.38. The highest BCUT2D eigenvalue weighted by molar-refractivity contribution is 5.86. The minimum absolute atomic E-state index is 0.121. The number of pyridine rings is 1. The number of benzene rings is 2. The number of hydrogen-bond donors (Lipinski definition) is 3. The van der Waals surface area contributed by atoms with Crippen LogP contribution in [0.2, 0.25) is 0 Å². The summed E-state index contributed by atoms with van der Waals surface area (Å²) in [6, 6.07) is 22.4. The molecule has 4 aromatic rings. The molecule has 4 rings (SSSR count). The molecule has 0 spiro atoms. The molecule has 0 saturated carbocycles. The van der Waals surface area contributed by atoms with Gasteiger partial charge in [0.1, 0.15) is 17.5 Å². The van der Waals surface area contributed by atoms with Gasteiger partial charge >= 0.3 is 0 Å². The van der Waals surface area contributed by atoms with Crippen molar-refractivity contribution in [3.8, 4) is 17.1 Å². The predicted molar refractivity (Wildman–Crippen MR) is 165 cm³/mol. The van der Waals surface area contributed by atoms with Crippen LogP contribution in [0.1, 0.15) is 62.4 Å². The van der Waals surface area contributed by atoms with E-state index in [-0.39, 0.29) is 23.5 Å². The third kappa shape index (κ3) is 8.77. The third-order valence-corrected chi connectivity index (χ3v) is 7.36. The molecule has 0 bridgehead atoms. The van der Waals surface area contributed by atoms with Crippen LogP contribution in [-0.4, -0.2) is 37.7 Å². The molecule has 0 radical (unpaired) electrons. The van der Waals surface area contributed by atoms with E-state index in [4.69, 9.17) is 10.8 Å². The largest absolute Gasteiger partial charge is 0.508 e. The molecule has 2 amide bonds. The van der Waals surface area contributed by atoms with E-state index in [1.54, 1.807) is 30.5 Å². The Balaban J connectivity index is 1.34. The van der Waals surface area contributed by atoms with E-state index >= 15 is 0 Å². The lowest BCUT2D eigenvalue weighted by atomic mass is 9.86. The maximum absolute atomic E-state index is 12.6. The molecule has 2 heterocycles. The first-order valence-corrected chi connectivity index (χ1v) is 14.5. The van der Waals surface area contributed by atoms with Crippen molar-refractivity contribution in [3.63, 3.8) is 0 Å². The van der Waals surface area contributed by atoms with Gasteiger partial charge in [-0.25, -0.2) is 0 Å². The molecule has 0 aliphatic heterocycles. The van der Waals surface area contributed by atoms with Gasteiger partial charge in [-0.1, -0.05) is 63.2 Å². The number of phenolic OH excluding ortho intramolecular Hbond substituents is 1. The number of aromatic nitrogens is 3. The van der Waals surface area contributed by atoms with Gasteiger partial charge in [0.05, 0.1) is 5.69 Å².